The highest BCUT2D eigenvalue weighted by Gasteiger charge is 2.25. The minimum Gasteiger partial charge on any atom is -0.304 e. The summed E-state index contributed by atoms with van der Waals surface area (Å²) in [5, 5.41) is 0.605. The third-order valence-corrected chi connectivity index (χ3v) is 4.08. The maximum Gasteiger partial charge on any atom is 0.326 e. The number of hydrogen-bond acceptors (Lipinski definition) is 2. The zero-order valence-electron chi connectivity index (χ0n) is 10.3. The topological polar surface area (TPSA) is 41.0 Å². The van der Waals surface area contributed by atoms with Crippen LogP contribution < -0.4 is 5.69 Å². The van der Waals surface area contributed by atoms with Crippen LogP contribution in [0.1, 0.15) is 19.4 Å². The monoisotopic (exact) mass is 265 g/mol. The Bertz CT molecular complexity index is 631. The quantitative estimate of drug-likeness (QED) is 0.905. The SMILES string of the molecule is CCN1CCC(n2c(=O)[nH]c3c(Cl)cccc32)C1. The second kappa shape index (κ2) is 4.44. The van der Waals surface area contributed by atoms with Gasteiger partial charge >= 0.3 is 5.69 Å². The van der Waals surface area contributed by atoms with Gasteiger partial charge in [0, 0.05) is 13.1 Å². The van der Waals surface area contributed by atoms with Crippen molar-refractivity contribution in [2.45, 2.75) is 19.4 Å². The Hall–Kier alpha value is -1.26. The van der Waals surface area contributed by atoms with Crippen molar-refractivity contribution in [3.8, 4) is 0 Å². The number of H-pyrrole nitrogens is 1. The third-order valence-electron chi connectivity index (χ3n) is 3.76. The van der Waals surface area contributed by atoms with Crippen LogP contribution in [-0.4, -0.2) is 34.1 Å². The number of likely N-dealkylation sites (N-methyl/N-ethyl adjacent to an activating group) is 1. The summed E-state index contributed by atoms with van der Waals surface area (Å²) in [5.41, 5.74) is 1.61. The first-order valence-electron chi connectivity index (χ1n) is 6.31. The summed E-state index contributed by atoms with van der Waals surface area (Å²) in [4.78, 5) is 17.3. The molecule has 1 aromatic heterocycles. The van der Waals surface area contributed by atoms with E-state index in [1.807, 2.05) is 16.7 Å². The molecule has 1 fully saturated rings. The maximum atomic E-state index is 12.1. The summed E-state index contributed by atoms with van der Waals surface area (Å²) in [6.07, 6.45) is 1.02. The number of fused-ring (bicyclic) bond motifs is 1. The lowest BCUT2D eigenvalue weighted by molar-refractivity contribution is 0.341. The lowest BCUT2D eigenvalue weighted by Crippen LogP contribution is -2.26. The van der Waals surface area contributed by atoms with Gasteiger partial charge < -0.3 is 9.88 Å². The first-order chi connectivity index (χ1) is 8.70. The Morgan fingerprint density at radius 2 is 2.33 bits per heavy atom. The van der Waals surface area contributed by atoms with Gasteiger partial charge in [0.25, 0.3) is 0 Å². The van der Waals surface area contributed by atoms with Crippen molar-refractivity contribution in [2.24, 2.45) is 0 Å². The number of benzene rings is 1. The standard InChI is InChI=1S/C13H16ClN3O/c1-2-16-7-6-9(8-16)17-11-5-3-4-10(14)12(11)15-13(17)18/h3-5,9H,2,6-8H2,1H3,(H,15,18). The molecule has 96 valence electrons. The molecule has 2 heterocycles. The Morgan fingerprint density at radius 1 is 1.50 bits per heavy atom. The fourth-order valence-electron chi connectivity index (χ4n) is 2.79. The number of hydrogen-bond donors (Lipinski definition) is 1. The van der Waals surface area contributed by atoms with E-state index < -0.39 is 0 Å². The van der Waals surface area contributed by atoms with Crippen molar-refractivity contribution in [3.05, 3.63) is 33.7 Å². The number of halogens is 1. The van der Waals surface area contributed by atoms with E-state index in [-0.39, 0.29) is 11.7 Å². The molecule has 18 heavy (non-hydrogen) atoms. The van der Waals surface area contributed by atoms with Crippen LogP contribution in [0.3, 0.4) is 0 Å². The average Bonchev–Trinajstić information content (AvgIpc) is 2.93. The fraction of sp³-hybridized carbons (Fsp3) is 0.462. The number of para-hydroxylation sites is 1. The number of aromatic nitrogens is 2. The highest BCUT2D eigenvalue weighted by molar-refractivity contribution is 6.34. The molecule has 1 aromatic carbocycles. The average molecular weight is 266 g/mol. The molecule has 0 saturated carbocycles. The summed E-state index contributed by atoms with van der Waals surface area (Å²) in [5.74, 6) is 0. The van der Waals surface area contributed by atoms with E-state index in [9.17, 15) is 4.79 Å². The van der Waals surface area contributed by atoms with Crippen molar-refractivity contribution in [1.82, 2.24) is 14.5 Å². The van der Waals surface area contributed by atoms with E-state index in [0.29, 0.717) is 5.02 Å². The lowest BCUT2D eigenvalue weighted by Gasteiger charge is -2.14. The molecule has 0 spiro atoms. The summed E-state index contributed by atoms with van der Waals surface area (Å²) in [6, 6.07) is 5.90. The number of imidazole rings is 1. The highest BCUT2D eigenvalue weighted by Crippen LogP contribution is 2.26. The largest absolute Gasteiger partial charge is 0.326 e. The molecule has 0 aliphatic carbocycles. The number of nitrogens with one attached hydrogen (secondary N) is 1. The molecule has 1 saturated heterocycles. The number of likely N-dealkylation sites (tertiary alicyclic amines) is 1. The molecule has 1 atom stereocenters. The van der Waals surface area contributed by atoms with Crippen LogP contribution >= 0.6 is 11.6 Å². The molecule has 5 heteroatoms. The molecule has 1 N–H and O–H groups in total. The summed E-state index contributed by atoms with van der Waals surface area (Å²) in [6.45, 7) is 5.18. The van der Waals surface area contributed by atoms with Crippen LogP contribution in [0.2, 0.25) is 5.02 Å². The summed E-state index contributed by atoms with van der Waals surface area (Å²) >= 11 is 6.11. The Morgan fingerprint density at radius 3 is 3.06 bits per heavy atom. The number of rotatable bonds is 2. The molecule has 1 unspecified atom stereocenters. The zero-order chi connectivity index (χ0) is 12.7. The lowest BCUT2D eigenvalue weighted by atomic mass is 10.2. The van der Waals surface area contributed by atoms with Crippen molar-refractivity contribution in [2.75, 3.05) is 19.6 Å². The fourth-order valence-corrected chi connectivity index (χ4v) is 3.00. The Kier molecular flexibility index (Phi) is 2.92. The molecule has 1 aliphatic rings. The van der Waals surface area contributed by atoms with Gasteiger partial charge in [0.2, 0.25) is 0 Å². The van der Waals surface area contributed by atoms with Gasteiger partial charge in [-0.1, -0.05) is 24.6 Å². The molecule has 1 aliphatic heterocycles. The highest BCUT2D eigenvalue weighted by atomic mass is 35.5. The zero-order valence-corrected chi connectivity index (χ0v) is 11.1. The van der Waals surface area contributed by atoms with Crippen molar-refractivity contribution >= 4 is 22.6 Å². The van der Waals surface area contributed by atoms with Gasteiger partial charge in [-0.2, -0.15) is 0 Å². The second-order valence-corrected chi connectivity index (χ2v) is 5.18. The first-order valence-corrected chi connectivity index (χ1v) is 6.69. The Labute approximate surface area is 110 Å². The van der Waals surface area contributed by atoms with Gasteiger partial charge in [-0.25, -0.2) is 4.79 Å². The van der Waals surface area contributed by atoms with Crippen molar-refractivity contribution < 1.29 is 0 Å². The second-order valence-electron chi connectivity index (χ2n) is 4.77. The van der Waals surface area contributed by atoms with Crippen LogP contribution in [0.5, 0.6) is 0 Å². The maximum absolute atomic E-state index is 12.1. The van der Waals surface area contributed by atoms with E-state index in [2.05, 4.69) is 16.8 Å². The predicted octanol–water partition coefficient (Wildman–Crippen LogP) is 2.25. The van der Waals surface area contributed by atoms with Gasteiger partial charge in [0.05, 0.1) is 22.1 Å². The molecular formula is C13H16ClN3O. The third kappa shape index (κ3) is 1.76. The van der Waals surface area contributed by atoms with E-state index in [1.54, 1.807) is 6.07 Å². The minimum atomic E-state index is -0.0546. The van der Waals surface area contributed by atoms with Crippen LogP contribution in [-0.2, 0) is 0 Å². The van der Waals surface area contributed by atoms with Crippen molar-refractivity contribution in [1.29, 1.82) is 0 Å². The molecule has 2 aromatic rings. The van der Waals surface area contributed by atoms with Crippen LogP contribution in [0, 0.1) is 0 Å². The smallest absolute Gasteiger partial charge is 0.304 e. The summed E-state index contributed by atoms with van der Waals surface area (Å²) in [7, 11) is 0. The predicted molar refractivity (Wildman–Crippen MR) is 73.3 cm³/mol. The van der Waals surface area contributed by atoms with Gasteiger partial charge in [0.15, 0.2) is 0 Å². The van der Waals surface area contributed by atoms with Gasteiger partial charge in [-0.3, -0.25) is 4.57 Å². The normalized spacial score (nSPS) is 20.9. The van der Waals surface area contributed by atoms with Gasteiger partial charge in [0.1, 0.15) is 0 Å². The number of nitrogens with zero attached hydrogens (tertiary/aromatic N) is 2. The van der Waals surface area contributed by atoms with Crippen LogP contribution in [0.4, 0.5) is 0 Å². The first kappa shape index (κ1) is 11.8. The molecule has 0 amide bonds. The van der Waals surface area contributed by atoms with E-state index >= 15 is 0 Å². The Balaban J connectivity index is 2.10. The van der Waals surface area contributed by atoms with E-state index in [1.165, 1.54) is 0 Å². The minimum absolute atomic E-state index is 0.0546. The molecule has 0 bridgehead atoms. The van der Waals surface area contributed by atoms with E-state index in [0.717, 1.165) is 37.1 Å². The molecule has 4 nitrogen and oxygen atoms in total. The van der Waals surface area contributed by atoms with Crippen molar-refractivity contribution in [3.63, 3.8) is 0 Å². The van der Waals surface area contributed by atoms with Crippen LogP contribution in [0.25, 0.3) is 11.0 Å². The molecule has 0 radical (unpaired) electrons. The van der Waals surface area contributed by atoms with E-state index in [4.69, 9.17) is 11.6 Å². The molecule has 3 rings (SSSR count). The summed E-state index contributed by atoms with van der Waals surface area (Å²) < 4.78 is 1.86. The van der Waals surface area contributed by atoms with Crippen LogP contribution in [0.15, 0.2) is 23.0 Å². The van der Waals surface area contributed by atoms with Gasteiger partial charge in [-0.05, 0) is 25.1 Å². The molecular weight excluding hydrogens is 250 g/mol. The number of aromatic amines is 1. The van der Waals surface area contributed by atoms with Gasteiger partial charge in [-0.15, -0.1) is 0 Å².